The van der Waals surface area contributed by atoms with Gasteiger partial charge in [0.2, 0.25) is 0 Å². The van der Waals surface area contributed by atoms with Gasteiger partial charge in [0.25, 0.3) is 0 Å². The van der Waals surface area contributed by atoms with E-state index < -0.39 is 24.0 Å². The highest BCUT2D eigenvalue weighted by atomic mass is 19.4. The molecule has 0 radical (unpaired) electrons. The van der Waals surface area contributed by atoms with Gasteiger partial charge in [0.15, 0.2) is 5.58 Å². The summed E-state index contributed by atoms with van der Waals surface area (Å²) in [5.74, 6) is -2.50. The lowest BCUT2D eigenvalue weighted by atomic mass is 10.3. The van der Waals surface area contributed by atoms with Crippen LogP contribution in [0.5, 0.6) is 5.75 Å². The molecule has 0 bridgehead atoms. The van der Waals surface area contributed by atoms with Gasteiger partial charge in [0, 0.05) is 6.07 Å². The Morgan fingerprint density at radius 1 is 1.41 bits per heavy atom. The topological polar surface area (TPSA) is 72.6 Å². The number of alkyl halides is 3. The van der Waals surface area contributed by atoms with Crippen molar-refractivity contribution >= 4 is 17.1 Å². The first kappa shape index (κ1) is 11.2. The Bertz CT molecular complexity index is 575. The number of aromatic nitrogens is 1. The quantitative estimate of drug-likeness (QED) is 0.882. The fourth-order valence-corrected chi connectivity index (χ4v) is 1.19. The average Bonchev–Trinajstić information content (AvgIpc) is 2.57. The number of benzene rings is 1. The molecule has 0 spiro atoms. The van der Waals surface area contributed by atoms with E-state index in [0.29, 0.717) is 0 Å². The summed E-state index contributed by atoms with van der Waals surface area (Å²) in [6.45, 7) is 0. The maximum absolute atomic E-state index is 11.9. The second-order valence-electron chi connectivity index (χ2n) is 3.00. The summed E-state index contributed by atoms with van der Waals surface area (Å²) >= 11 is 0. The minimum Gasteiger partial charge on any atom is -0.474 e. The molecule has 5 nitrogen and oxygen atoms in total. The molecule has 90 valence electrons. The molecule has 17 heavy (non-hydrogen) atoms. The third kappa shape index (κ3) is 2.47. The van der Waals surface area contributed by atoms with Crippen LogP contribution in [0.2, 0.25) is 0 Å². The second kappa shape index (κ2) is 3.65. The Balaban J connectivity index is 2.40. The van der Waals surface area contributed by atoms with Crippen molar-refractivity contribution in [3.8, 4) is 5.75 Å². The van der Waals surface area contributed by atoms with Crippen molar-refractivity contribution in [2.75, 3.05) is 0 Å². The molecule has 0 saturated carbocycles. The van der Waals surface area contributed by atoms with E-state index in [0.717, 1.165) is 12.1 Å². The summed E-state index contributed by atoms with van der Waals surface area (Å²) in [5, 5.41) is 8.57. The normalized spacial score (nSPS) is 11.7. The van der Waals surface area contributed by atoms with E-state index >= 15 is 0 Å². The average molecular weight is 247 g/mol. The van der Waals surface area contributed by atoms with Crippen LogP contribution in [0.4, 0.5) is 13.2 Å². The van der Waals surface area contributed by atoms with Crippen LogP contribution in [0, 0.1) is 0 Å². The standard InChI is InChI=1S/C9H4F3NO4/c10-9(11,12)17-4-1-2-5-6(3-4)16-7(13-5)8(14)15/h1-3H,(H,14,15). The Morgan fingerprint density at radius 2 is 2.12 bits per heavy atom. The van der Waals surface area contributed by atoms with E-state index in [1.165, 1.54) is 6.07 Å². The van der Waals surface area contributed by atoms with Crippen LogP contribution in [0.15, 0.2) is 22.6 Å². The Labute approximate surface area is 91.4 Å². The first-order valence-corrected chi connectivity index (χ1v) is 4.25. The first-order chi connectivity index (χ1) is 7.85. The van der Waals surface area contributed by atoms with Crippen molar-refractivity contribution in [1.82, 2.24) is 4.98 Å². The van der Waals surface area contributed by atoms with Gasteiger partial charge in [-0.1, -0.05) is 0 Å². The first-order valence-electron chi connectivity index (χ1n) is 4.25. The van der Waals surface area contributed by atoms with Gasteiger partial charge in [0.1, 0.15) is 11.3 Å². The number of carbonyl (C=O) groups is 1. The summed E-state index contributed by atoms with van der Waals surface area (Å²) in [6, 6.07) is 3.11. The van der Waals surface area contributed by atoms with Crippen molar-refractivity contribution < 1.29 is 32.2 Å². The molecule has 1 N–H and O–H groups in total. The number of fused-ring (bicyclic) bond motifs is 1. The van der Waals surface area contributed by atoms with Gasteiger partial charge in [-0.2, -0.15) is 0 Å². The monoisotopic (exact) mass is 247 g/mol. The fraction of sp³-hybridized carbons (Fsp3) is 0.111. The maximum Gasteiger partial charge on any atom is 0.573 e. The second-order valence-corrected chi connectivity index (χ2v) is 3.00. The molecule has 1 aromatic carbocycles. The molecule has 2 aromatic rings. The maximum atomic E-state index is 11.9. The van der Waals surface area contributed by atoms with E-state index in [4.69, 9.17) is 9.52 Å². The van der Waals surface area contributed by atoms with E-state index in [1.54, 1.807) is 0 Å². The van der Waals surface area contributed by atoms with E-state index in [-0.39, 0.29) is 11.1 Å². The zero-order chi connectivity index (χ0) is 12.6. The van der Waals surface area contributed by atoms with Crippen LogP contribution in [-0.2, 0) is 0 Å². The van der Waals surface area contributed by atoms with Gasteiger partial charge >= 0.3 is 18.2 Å². The van der Waals surface area contributed by atoms with Gasteiger partial charge in [-0.25, -0.2) is 9.78 Å². The van der Waals surface area contributed by atoms with Crippen LogP contribution < -0.4 is 4.74 Å². The summed E-state index contributed by atoms with van der Waals surface area (Å²) in [5.41, 5.74) is 0.0427. The molecule has 1 heterocycles. The van der Waals surface area contributed by atoms with E-state index in [9.17, 15) is 18.0 Å². The van der Waals surface area contributed by atoms with Gasteiger partial charge in [0.05, 0.1) is 0 Å². The molecule has 0 aliphatic carbocycles. The minimum atomic E-state index is -4.82. The summed E-state index contributed by atoms with van der Waals surface area (Å²) in [6.07, 6.45) is -4.82. The molecule has 0 unspecified atom stereocenters. The summed E-state index contributed by atoms with van der Waals surface area (Å²) < 4.78 is 44.1. The Morgan fingerprint density at radius 3 is 2.71 bits per heavy atom. The van der Waals surface area contributed by atoms with Crippen LogP contribution in [0.25, 0.3) is 11.1 Å². The molecule has 8 heteroatoms. The van der Waals surface area contributed by atoms with Crippen LogP contribution in [-0.4, -0.2) is 22.4 Å². The van der Waals surface area contributed by atoms with Gasteiger partial charge < -0.3 is 14.3 Å². The predicted molar refractivity (Wildman–Crippen MR) is 47.7 cm³/mol. The smallest absolute Gasteiger partial charge is 0.474 e. The molecule has 0 fully saturated rings. The highest BCUT2D eigenvalue weighted by Gasteiger charge is 2.31. The molecule has 0 aliphatic heterocycles. The highest BCUT2D eigenvalue weighted by Crippen LogP contribution is 2.26. The molecule has 0 amide bonds. The van der Waals surface area contributed by atoms with Crippen molar-refractivity contribution in [1.29, 1.82) is 0 Å². The summed E-state index contributed by atoms with van der Waals surface area (Å²) in [7, 11) is 0. The third-order valence-corrected chi connectivity index (χ3v) is 1.78. The molecule has 0 saturated heterocycles. The predicted octanol–water partition coefficient (Wildman–Crippen LogP) is 2.42. The fourth-order valence-electron chi connectivity index (χ4n) is 1.19. The lowest BCUT2D eigenvalue weighted by molar-refractivity contribution is -0.274. The summed E-state index contributed by atoms with van der Waals surface area (Å²) in [4.78, 5) is 14.1. The van der Waals surface area contributed by atoms with Crippen LogP contribution in [0.3, 0.4) is 0 Å². The lowest BCUT2D eigenvalue weighted by Crippen LogP contribution is -2.16. The van der Waals surface area contributed by atoms with Crippen molar-refractivity contribution in [2.24, 2.45) is 0 Å². The third-order valence-electron chi connectivity index (χ3n) is 1.78. The zero-order valence-corrected chi connectivity index (χ0v) is 7.99. The molecule has 2 rings (SSSR count). The van der Waals surface area contributed by atoms with Gasteiger partial charge in [-0.3, -0.25) is 0 Å². The lowest BCUT2D eigenvalue weighted by Gasteiger charge is -2.07. The number of hydrogen-bond donors (Lipinski definition) is 1. The number of rotatable bonds is 2. The van der Waals surface area contributed by atoms with Crippen molar-refractivity contribution in [2.45, 2.75) is 6.36 Å². The molecular formula is C9H4F3NO4. The van der Waals surface area contributed by atoms with Crippen molar-refractivity contribution in [3.63, 3.8) is 0 Å². The molecule has 0 aliphatic rings. The number of halogens is 3. The highest BCUT2D eigenvalue weighted by molar-refractivity contribution is 5.86. The Kier molecular flexibility index (Phi) is 2.41. The number of nitrogens with zero attached hydrogens (tertiary/aromatic N) is 1. The largest absolute Gasteiger partial charge is 0.573 e. The Hall–Kier alpha value is -2.25. The van der Waals surface area contributed by atoms with E-state index in [1.807, 2.05) is 0 Å². The van der Waals surface area contributed by atoms with Crippen molar-refractivity contribution in [3.05, 3.63) is 24.1 Å². The van der Waals surface area contributed by atoms with Gasteiger partial charge in [-0.05, 0) is 12.1 Å². The number of carboxylic acids is 1. The number of ether oxygens (including phenoxy) is 1. The minimum absolute atomic E-state index is 0.0934. The number of oxazole rings is 1. The molecule has 1 aromatic heterocycles. The zero-order valence-electron chi connectivity index (χ0n) is 7.99. The number of hydrogen-bond acceptors (Lipinski definition) is 4. The van der Waals surface area contributed by atoms with E-state index in [2.05, 4.69) is 9.72 Å². The SMILES string of the molecule is O=C(O)c1nc2ccc(OC(F)(F)F)cc2o1. The van der Waals surface area contributed by atoms with Crippen LogP contribution >= 0.6 is 0 Å². The molecular weight excluding hydrogens is 243 g/mol. The van der Waals surface area contributed by atoms with Crippen LogP contribution in [0.1, 0.15) is 10.7 Å². The van der Waals surface area contributed by atoms with Gasteiger partial charge in [-0.15, -0.1) is 13.2 Å². The molecule has 0 atom stereocenters. The number of aromatic carboxylic acids is 1. The number of carboxylic acid groups (broad SMARTS) is 1.